The van der Waals surface area contributed by atoms with Crippen molar-refractivity contribution in [2.75, 3.05) is 19.8 Å². The number of halogens is 3. The minimum absolute atomic E-state index is 0.0206. The van der Waals surface area contributed by atoms with Gasteiger partial charge in [0.2, 0.25) is 0 Å². The number of benzene rings is 2. The molecule has 0 N–H and O–H groups in total. The molecule has 0 aliphatic carbocycles. The zero-order valence-corrected chi connectivity index (χ0v) is 15.8. The van der Waals surface area contributed by atoms with E-state index in [1.165, 1.54) is 18.2 Å². The lowest BCUT2D eigenvalue weighted by Gasteiger charge is -2.29. The third-order valence-corrected chi connectivity index (χ3v) is 4.58. The largest absolute Gasteiger partial charge is 0.377 e. The minimum Gasteiger partial charge on any atom is -0.377 e. The Morgan fingerprint density at radius 2 is 1.75 bits per heavy atom. The van der Waals surface area contributed by atoms with Crippen LogP contribution in [0.15, 0.2) is 30.3 Å². The number of hydrogen-bond acceptors (Lipinski definition) is 4. The van der Waals surface area contributed by atoms with Crippen LogP contribution in [0.4, 0.5) is 13.2 Å². The Balaban J connectivity index is 1.55. The maximum Gasteiger partial charge on any atom is 0.271 e. The predicted octanol–water partition coefficient (Wildman–Crippen LogP) is 4.58. The zero-order chi connectivity index (χ0) is 20.1. The molecule has 1 aliphatic rings. The van der Waals surface area contributed by atoms with Gasteiger partial charge in [0.15, 0.2) is 11.6 Å². The fourth-order valence-electron chi connectivity index (χ4n) is 2.90. The van der Waals surface area contributed by atoms with Gasteiger partial charge in [0.05, 0.1) is 26.4 Å². The molecule has 0 saturated carbocycles. The Hall–Kier alpha value is -1.93. The minimum atomic E-state index is -0.939. The molecule has 0 unspecified atom stereocenters. The smallest absolute Gasteiger partial charge is 0.271 e. The lowest BCUT2D eigenvalue weighted by Crippen LogP contribution is -2.33. The summed E-state index contributed by atoms with van der Waals surface area (Å²) in [6, 6.07) is 7.85. The van der Waals surface area contributed by atoms with E-state index in [-0.39, 0.29) is 43.4 Å². The van der Waals surface area contributed by atoms with Crippen LogP contribution in [-0.2, 0) is 32.2 Å². The van der Waals surface area contributed by atoms with Crippen molar-refractivity contribution in [3.05, 3.63) is 70.0 Å². The van der Waals surface area contributed by atoms with Crippen LogP contribution in [0.2, 0.25) is 0 Å². The molecule has 1 heterocycles. The Labute approximate surface area is 162 Å². The van der Waals surface area contributed by atoms with Crippen molar-refractivity contribution in [2.24, 2.45) is 0 Å². The molecule has 2 aromatic carbocycles. The second-order valence-electron chi connectivity index (χ2n) is 6.63. The normalized spacial score (nSPS) is 19.8. The highest BCUT2D eigenvalue weighted by atomic mass is 19.2. The van der Waals surface area contributed by atoms with Crippen LogP contribution in [0.3, 0.4) is 0 Å². The topological polar surface area (TPSA) is 36.9 Å². The summed E-state index contributed by atoms with van der Waals surface area (Å²) in [5.41, 5.74) is 1.57. The van der Waals surface area contributed by atoms with Gasteiger partial charge in [0.1, 0.15) is 5.82 Å². The predicted molar refractivity (Wildman–Crippen MR) is 96.0 cm³/mol. The van der Waals surface area contributed by atoms with Crippen LogP contribution in [0.5, 0.6) is 0 Å². The molecule has 4 nitrogen and oxygen atoms in total. The molecule has 3 rings (SSSR count). The van der Waals surface area contributed by atoms with E-state index in [0.29, 0.717) is 17.7 Å². The highest BCUT2D eigenvalue weighted by Crippen LogP contribution is 2.28. The zero-order valence-electron chi connectivity index (χ0n) is 15.8. The van der Waals surface area contributed by atoms with E-state index in [2.05, 4.69) is 0 Å². The van der Waals surface area contributed by atoms with Gasteiger partial charge in [-0.2, -0.15) is 0 Å². The van der Waals surface area contributed by atoms with Crippen LogP contribution in [0.1, 0.15) is 35.1 Å². The third kappa shape index (κ3) is 4.91. The first-order valence-corrected chi connectivity index (χ1v) is 9.14. The van der Waals surface area contributed by atoms with Crippen molar-refractivity contribution in [3.63, 3.8) is 0 Å². The van der Waals surface area contributed by atoms with Gasteiger partial charge in [0, 0.05) is 18.1 Å². The number of aryl methyl sites for hydroxylation is 1. The summed E-state index contributed by atoms with van der Waals surface area (Å²) in [6.07, 6.45) is 0. The van der Waals surface area contributed by atoms with Gasteiger partial charge in [-0.25, -0.2) is 13.2 Å². The van der Waals surface area contributed by atoms with E-state index in [0.717, 1.165) is 0 Å². The standard InChI is InChI=1S/C21H23F3O4/c1-3-25-10-15-6-7-17(20(24)19(15)23)16-11-27-21(28-12-16)26-9-14-5-4-13(2)18(22)8-14/h4-8,16,21H,3,9-12H2,1-2H3. The average molecular weight is 396 g/mol. The summed E-state index contributed by atoms with van der Waals surface area (Å²) in [4.78, 5) is 0. The van der Waals surface area contributed by atoms with Gasteiger partial charge < -0.3 is 18.9 Å². The lowest BCUT2D eigenvalue weighted by molar-refractivity contribution is -0.319. The van der Waals surface area contributed by atoms with Gasteiger partial charge in [0.25, 0.3) is 6.48 Å². The molecule has 0 spiro atoms. The molecule has 1 saturated heterocycles. The highest BCUT2D eigenvalue weighted by Gasteiger charge is 2.28. The molecule has 152 valence electrons. The number of ether oxygens (including phenoxy) is 4. The molecular weight excluding hydrogens is 373 g/mol. The van der Waals surface area contributed by atoms with E-state index < -0.39 is 24.0 Å². The molecule has 0 bridgehead atoms. The molecular formula is C21H23F3O4. The van der Waals surface area contributed by atoms with Crippen molar-refractivity contribution in [3.8, 4) is 0 Å². The number of hydrogen-bond donors (Lipinski definition) is 0. The molecule has 0 amide bonds. The summed E-state index contributed by atoms with van der Waals surface area (Å²) in [6.45, 7) is 3.32. The first-order chi connectivity index (χ1) is 13.5. The van der Waals surface area contributed by atoms with Crippen molar-refractivity contribution in [1.29, 1.82) is 0 Å². The van der Waals surface area contributed by atoms with Crippen molar-refractivity contribution in [1.82, 2.24) is 0 Å². The van der Waals surface area contributed by atoms with E-state index in [1.807, 2.05) is 0 Å². The monoisotopic (exact) mass is 396 g/mol. The van der Waals surface area contributed by atoms with E-state index in [1.54, 1.807) is 26.0 Å². The van der Waals surface area contributed by atoms with Gasteiger partial charge in [-0.15, -0.1) is 0 Å². The van der Waals surface area contributed by atoms with Crippen LogP contribution < -0.4 is 0 Å². The van der Waals surface area contributed by atoms with Gasteiger partial charge in [-0.3, -0.25) is 0 Å². The Bertz CT molecular complexity index is 804. The van der Waals surface area contributed by atoms with E-state index in [4.69, 9.17) is 18.9 Å². The Kier molecular flexibility index (Phi) is 7.07. The summed E-state index contributed by atoms with van der Waals surface area (Å²) in [7, 11) is 0. The van der Waals surface area contributed by atoms with Crippen LogP contribution in [0.25, 0.3) is 0 Å². The fraction of sp³-hybridized carbons (Fsp3) is 0.429. The molecule has 0 radical (unpaired) electrons. The molecule has 2 aromatic rings. The second kappa shape index (κ2) is 9.52. The molecule has 0 aromatic heterocycles. The summed E-state index contributed by atoms with van der Waals surface area (Å²) < 4.78 is 63.7. The van der Waals surface area contributed by atoms with Crippen molar-refractivity contribution in [2.45, 2.75) is 39.5 Å². The fourth-order valence-corrected chi connectivity index (χ4v) is 2.90. The van der Waals surface area contributed by atoms with Crippen LogP contribution in [0, 0.1) is 24.4 Å². The van der Waals surface area contributed by atoms with Crippen molar-refractivity contribution >= 4 is 0 Å². The average Bonchev–Trinajstić information content (AvgIpc) is 2.70. The van der Waals surface area contributed by atoms with Crippen LogP contribution in [-0.4, -0.2) is 26.3 Å². The highest BCUT2D eigenvalue weighted by molar-refractivity contribution is 5.29. The lowest BCUT2D eigenvalue weighted by atomic mass is 9.98. The summed E-state index contributed by atoms with van der Waals surface area (Å²) in [5.74, 6) is -2.58. The SMILES string of the molecule is CCOCc1ccc(C2COC(OCc3ccc(C)c(F)c3)OC2)c(F)c1F. The first kappa shape index (κ1) is 20.8. The molecule has 1 aliphatic heterocycles. The van der Waals surface area contributed by atoms with Gasteiger partial charge >= 0.3 is 0 Å². The molecule has 28 heavy (non-hydrogen) atoms. The summed E-state index contributed by atoms with van der Waals surface area (Å²) in [5, 5.41) is 0. The molecule has 7 heteroatoms. The number of rotatable bonds is 7. The summed E-state index contributed by atoms with van der Waals surface area (Å²) >= 11 is 0. The van der Waals surface area contributed by atoms with E-state index in [9.17, 15) is 13.2 Å². The second-order valence-corrected chi connectivity index (χ2v) is 6.63. The van der Waals surface area contributed by atoms with Gasteiger partial charge in [-0.1, -0.05) is 24.3 Å². The van der Waals surface area contributed by atoms with Gasteiger partial charge in [-0.05, 0) is 36.6 Å². The third-order valence-electron chi connectivity index (χ3n) is 4.58. The van der Waals surface area contributed by atoms with E-state index >= 15 is 0 Å². The maximum absolute atomic E-state index is 14.4. The maximum atomic E-state index is 14.4. The first-order valence-electron chi connectivity index (χ1n) is 9.14. The Morgan fingerprint density at radius 1 is 1.00 bits per heavy atom. The molecule has 1 fully saturated rings. The quantitative estimate of drug-likeness (QED) is 0.687. The molecule has 0 atom stereocenters. The Morgan fingerprint density at radius 3 is 2.43 bits per heavy atom. The van der Waals surface area contributed by atoms with Crippen LogP contribution >= 0.6 is 0 Å². The van der Waals surface area contributed by atoms with Crippen molar-refractivity contribution < 1.29 is 32.1 Å².